The van der Waals surface area contributed by atoms with Gasteiger partial charge in [-0.25, -0.2) is 0 Å². The van der Waals surface area contributed by atoms with Gasteiger partial charge in [0.2, 0.25) is 0 Å². The first-order valence-electron chi connectivity index (χ1n) is 13.2. The van der Waals surface area contributed by atoms with E-state index in [1.165, 1.54) is 89.9 Å². The molecule has 3 heteroatoms. The van der Waals surface area contributed by atoms with Gasteiger partial charge in [0, 0.05) is 0 Å². The van der Waals surface area contributed by atoms with Gasteiger partial charge < -0.3 is 10.0 Å². The van der Waals surface area contributed by atoms with Crippen LogP contribution in [0.2, 0.25) is 0 Å². The van der Waals surface area contributed by atoms with Crippen LogP contribution in [0, 0.1) is 11.8 Å². The summed E-state index contributed by atoms with van der Waals surface area (Å²) in [6.07, 6.45) is 23.1. The van der Waals surface area contributed by atoms with E-state index in [4.69, 9.17) is 5.11 Å². The topological polar surface area (TPSA) is 40.5 Å². The average Bonchev–Trinajstić information content (AvgIpc) is 2.69. The molecule has 0 aromatic rings. The molecule has 1 N–H and O–H groups in total. The molecular formula is C27H57NO2. The predicted molar refractivity (Wildman–Crippen MR) is 134 cm³/mol. The Morgan fingerprint density at radius 3 is 1.30 bits per heavy atom. The molecule has 0 aliphatic carbocycles. The van der Waals surface area contributed by atoms with Crippen LogP contribution >= 0.6 is 0 Å². The molecule has 0 heterocycles. The molecule has 30 heavy (non-hydrogen) atoms. The lowest BCUT2D eigenvalue weighted by molar-refractivity contribution is -0.142. The van der Waals surface area contributed by atoms with Gasteiger partial charge in [-0.05, 0) is 39.9 Å². The van der Waals surface area contributed by atoms with Gasteiger partial charge in [0.15, 0.2) is 0 Å². The van der Waals surface area contributed by atoms with E-state index in [0.29, 0.717) is 0 Å². The van der Waals surface area contributed by atoms with Crippen molar-refractivity contribution < 1.29 is 9.90 Å². The van der Waals surface area contributed by atoms with Crippen molar-refractivity contribution in [2.45, 2.75) is 136 Å². The second kappa shape index (κ2) is 24.7. The van der Waals surface area contributed by atoms with E-state index in [-0.39, 0.29) is 5.92 Å². The van der Waals surface area contributed by atoms with Gasteiger partial charge in [0.1, 0.15) is 0 Å². The van der Waals surface area contributed by atoms with E-state index < -0.39 is 5.97 Å². The molecule has 0 saturated carbocycles. The van der Waals surface area contributed by atoms with E-state index >= 15 is 0 Å². The fourth-order valence-electron chi connectivity index (χ4n) is 3.77. The third kappa shape index (κ3) is 27.4. The number of aliphatic carboxylic acids is 1. The van der Waals surface area contributed by atoms with Crippen molar-refractivity contribution in [3.05, 3.63) is 0 Å². The van der Waals surface area contributed by atoms with Crippen molar-refractivity contribution in [1.29, 1.82) is 0 Å². The normalized spacial score (nSPS) is 13.0. The van der Waals surface area contributed by atoms with Crippen LogP contribution in [0.1, 0.15) is 136 Å². The minimum Gasteiger partial charge on any atom is -0.481 e. The molecule has 0 spiro atoms. The highest BCUT2D eigenvalue weighted by atomic mass is 16.4. The first-order valence-corrected chi connectivity index (χ1v) is 13.2. The zero-order valence-corrected chi connectivity index (χ0v) is 21.7. The predicted octanol–water partition coefficient (Wildman–Crippen LogP) is 8.56. The maximum absolute atomic E-state index is 11.1. The van der Waals surface area contributed by atoms with Gasteiger partial charge in [-0.1, -0.05) is 124 Å². The molecule has 0 aromatic heterocycles. The zero-order valence-electron chi connectivity index (χ0n) is 21.7. The van der Waals surface area contributed by atoms with Crippen LogP contribution in [0.4, 0.5) is 0 Å². The lowest BCUT2D eigenvalue weighted by Crippen LogP contribution is -2.13. The SMILES string of the molecule is CCCC(CCCCCCCCCCCCCCCC(C)CC)C(=O)O.CN(C)C. The van der Waals surface area contributed by atoms with Crippen LogP contribution in [0.25, 0.3) is 0 Å². The van der Waals surface area contributed by atoms with Gasteiger partial charge in [-0.2, -0.15) is 0 Å². The summed E-state index contributed by atoms with van der Waals surface area (Å²) in [4.78, 5) is 13.1. The summed E-state index contributed by atoms with van der Waals surface area (Å²) in [6, 6.07) is 0. The Kier molecular flexibility index (Phi) is 26.0. The Hall–Kier alpha value is -0.570. The minimum absolute atomic E-state index is 0.102. The van der Waals surface area contributed by atoms with Crippen LogP contribution in [0.15, 0.2) is 0 Å². The zero-order chi connectivity index (χ0) is 23.0. The van der Waals surface area contributed by atoms with E-state index in [0.717, 1.165) is 31.6 Å². The maximum Gasteiger partial charge on any atom is 0.306 e. The van der Waals surface area contributed by atoms with Crippen molar-refractivity contribution in [3.63, 3.8) is 0 Å². The summed E-state index contributed by atoms with van der Waals surface area (Å²) in [5, 5.41) is 9.14. The van der Waals surface area contributed by atoms with E-state index in [9.17, 15) is 4.79 Å². The Balaban J connectivity index is 0. The summed E-state index contributed by atoms with van der Waals surface area (Å²) >= 11 is 0. The molecule has 0 aliphatic rings. The Morgan fingerprint density at radius 2 is 1.00 bits per heavy atom. The first-order chi connectivity index (χ1) is 14.3. The summed E-state index contributed by atoms with van der Waals surface area (Å²) in [6.45, 7) is 6.75. The Labute approximate surface area is 190 Å². The van der Waals surface area contributed by atoms with Gasteiger partial charge in [0.05, 0.1) is 5.92 Å². The summed E-state index contributed by atoms with van der Waals surface area (Å²) in [5.41, 5.74) is 0. The standard InChI is InChI=1S/C24H48O2.C3H9N/c1-4-19-23(24(25)26)21-18-16-14-12-10-8-6-7-9-11-13-15-17-20-22(3)5-2;1-4(2)3/h22-23H,4-21H2,1-3H3,(H,25,26);1-3H3. The van der Waals surface area contributed by atoms with Crippen LogP contribution in [-0.4, -0.2) is 37.1 Å². The summed E-state index contributed by atoms with van der Waals surface area (Å²) < 4.78 is 0. The largest absolute Gasteiger partial charge is 0.481 e. The molecule has 0 radical (unpaired) electrons. The molecule has 3 nitrogen and oxygen atoms in total. The number of rotatable bonds is 20. The third-order valence-electron chi connectivity index (χ3n) is 5.93. The quantitative estimate of drug-likeness (QED) is 0.198. The Bertz CT molecular complexity index is 341. The van der Waals surface area contributed by atoms with Gasteiger partial charge >= 0.3 is 5.97 Å². The molecular weight excluding hydrogens is 370 g/mol. The van der Waals surface area contributed by atoms with Crippen molar-refractivity contribution in [2.24, 2.45) is 11.8 Å². The number of carboxylic acid groups (broad SMARTS) is 1. The van der Waals surface area contributed by atoms with Crippen LogP contribution < -0.4 is 0 Å². The van der Waals surface area contributed by atoms with Crippen LogP contribution in [0.3, 0.4) is 0 Å². The van der Waals surface area contributed by atoms with E-state index in [2.05, 4.69) is 20.8 Å². The molecule has 2 unspecified atom stereocenters. The fourth-order valence-corrected chi connectivity index (χ4v) is 3.77. The lowest BCUT2D eigenvalue weighted by Gasteiger charge is -2.10. The number of carboxylic acids is 1. The van der Waals surface area contributed by atoms with Crippen molar-refractivity contribution in [3.8, 4) is 0 Å². The van der Waals surface area contributed by atoms with Crippen molar-refractivity contribution in [1.82, 2.24) is 4.90 Å². The molecule has 182 valence electrons. The maximum atomic E-state index is 11.1. The highest BCUT2D eigenvalue weighted by Crippen LogP contribution is 2.18. The van der Waals surface area contributed by atoms with Crippen molar-refractivity contribution >= 4 is 5.97 Å². The van der Waals surface area contributed by atoms with Crippen molar-refractivity contribution in [2.75, 3.05) is 21.1 Å². The average molecular weight is 428 g/mol. The summed E-state index contributed by atoms with van der Waals surface area (Å²) in [7, 11) is 6.00. The molecule has 0 bridgehead atoms. The number of hydrogen-bond acceptors (Lipinski definition) is 2. The highest BCUT2D eigenvalue weighted by Gasteiger charge is 2.15. The Morgan fingerprint density at radius 1 is 0.667 bits per heavy atom. The van der Waals surface area contributed by atoms with Crippen LogP contribution in [-0.2, 0) is 4.79 Å². The molecule has 0 rings (SSSR count). The second-order valence-electron chi connectivity index (χ2n) is 9.85. The number of hydrogen-bond donors (Lipinski definition) is 1. The van der Waals surface area contributed by atoms with E-state index in [1.807, 2.05) is 26.0 Å². The van der Waals surface area contributed by atoms with Gasteiger partial charge in [0.25, 0.3) is 0 Å². The molecule has 2 atom stereocenters. The van der Waals surface area contributed by atoms with Crippen LogP contribution in [0.5, 0.6) is 0 Å². The number of nitrogens with zero attached hydrogens (tertiary/aromatic N) is 1. The molecule has 0 aliphatic heterocycles. The molecule has 0 fully saturated rings. The molecule has 0 saturated heterocycles. The number of carbonyl (C=O) groups is 1. The smallest absolute Gasteiger partial charge is 0.306 e. The molecule has 0 aromatic carbocycles. The monoisotopic (exact) mass is 427 g/mol. The second-order valence-corrected chi connectivity index (χ2v) is 9.85. The van der Waals surface area contributed by atoms with Gasteiger partial charge in [-0.15, -0.1) is 0 Å². The minimum atomic E-state index is -0.595. The number of unbranched alkanes of at least 4 members (excludes halogenated alkanes) is 12. The lowest BCUT2D eigenvalue weighted by atomic mass is 9.96. The molecule has 0 amide bonds. The van der Waals surface area contributed by atoms with Gasteiger partial charge in [-0.3, -0.25) is 4.79 Å². The highest BCUT2D eigenvalue weighted by molar-refractivity contribution is 5.69. The third-order valence-corrected chi connectivity index (χ3v) is 5.93. The first kappa shape index (κ1) is 31.6. The van der Waals surface area contributed by atoms with E-state index in [1.54, 1.807) is 0 Å². The summed E-state index contributed by atoms with van der Waals surface area (Å²) in [5.74, 6) is 0.224. The fraction of sp³-hybridized carbons (Fsp3) is 0.963.